The summed E-state index contributed by atoms with van der Waals surface area (Å²) >= 11 is 0. The molecule has 116 valence electrons. The molecule has 0 spiro atoms. The van der Waals surface area contributed by atoms with E-state index < -0.39 is 0 Å². The minimum atomic E-state index is 0.505. The van der Waals surface area contributed by atoms with E-state index in [1.54, 1.807) is 18.6 Å². The van der Waals surface area contributed by atoms with Crippen LogP contribution in [0.1, 0.15) is 18.4 Å². The summed E-state index contributed by atoms with van der Waals surface area (Å²) in [6.07, 6.45) is 7.28. The fourth-order valence-corrected chi connectivity index (χ4v) is 2.52. The van der Waals surface area contributed by atoms with Crippen molar-refractivity contribution >= 4 is 0 Å². The summed E-state index contributed by atoms with van der Waals surface area (Å²) in [5.41, 5.74) is 1.24. The van der Waals surface area contributed by atoms with Crippen molar-refractivity contribution in [2.24, 2.45) is 5.92 Å². The van der Waals surface area contributed by atoms with Gasteiger partial charge in [-0.15, -0.1) is 0 Å². The largest absolute Gasteiger partial charge is 0.438 e. The van der Waals surface area contributed by atoms with Gasteiger partial charge < -0.3 is 14.8 Å². The second kappa shape index (κ2) is 7.87. The van der Waals surface area contributed by atoms with Crippen molar-refractivity contribution in [2.45, 2.75) is 19.4 Å². The molecule has 0 aliphatic carbocycles. The van der Waals surface area contributed by atoms with Crippen LogP contribution < -0.4 is 10.1 Å². The molecule has 1 N–H and O–H groups in total. The van der Waals surface area contributed by atoms with Crippen molar-refractivity contribution in [1.29, 1.82) is 0 Å². The third kappa shape index (κ3) is 4.51. The van der Waals surface area contributed by atoms with Gasteiger partial charge in [-0.1, -0.05) is 12.1 Å². The Bertz CT molecular complexity index is 554. The summed E-state index contributed by atoms with van der Waals surface area (Å²) in [6.45, 7) is 3.68. The number of hydrogen-bond donors (Lipinski definition) is 1. The SMILES string of the molecule is c1cnc(Oc2ccc(CNCC3CCCOC3)cc2)cn1. The second-order valence-electron chi connectivity index (χ2n) is 5.50. The monoisotopic (exact) mass is 299 g/mol. The molecule has 1 saturated heterocycles. The topological polar surface area (TPSA) is 56.3 Å². The zero-order chi connectivity index (χ0) is 15.0. The molecule has 0 saturated carbocycles. The van der Waals surface area contributed by atoms with Crippen LogP contribution in [0.2, 0.25) is 0 Å². The maximum atomic E-state index is 5.62. The van der Waals surface area contributed by atoms with Gasteiger partial charge >= 0.3 is 0 Å². The predicted octanol–water partition coefficient (Wildman–Crippen LogP) is 2.79. The van der Waals surface area contributed by atoms with Gasteiger partial charge in [-0.3, -0.25) is 4.98 Å². The van der Waals surface area contributed by atoms with Gasteiger partial charge in [0.05, 0.1) is 12.8 Å². The van der Waals surface area contributed by atoms with Gasteiger partial charge in [-0.05, 0) is 36.5 Å². The van der Waals surface area contributed by atoms with Crippen molar-refractivity contribution in [3.05, 3.63) is 48.4 Å². The van der Waals surface area contributed by atoms with Crippen molar-refractivity contribution < 1.29 is 9.47 Å². The molecule has 22 heavy (non-hydrogen) atoms. The molecule has 0 radical (unpaired) electrons. The highest BCUT2D eigenvalue weighted by atomic mass is 16.5. The van der Waals surface area contributed by atoms with Gasteiger partial charge in [0.15, 0.2) is 0 Å². The van der Waals surface area contributed by atoms with E-state index in [0.717, 1.165) is 32.1 Å². The number of ether oxygens (including phenoxy) is 2. The summed E-state index contributed by atoms with van der Waals surface area (Å²) in [4.78, 5) is 8.06. The number of nitrogens with one attached hydrogen (secondary N) is 1. The molecular weight excluding hydrogens is 278 g/mol. The van der Waals surface area contributed by atoms with E-state index in [4.69, 9.17) is 9.47 Å². The van der Waals surface area contributed by atoms with E-state index >= 15 is 0 Å². The normalized spacial score (nSPS) is 18.1. The van der Waals surface area contributed by atoms with Crippen molar-refractivity contribution in [3.63, 3.8) is 0 Å². The first-order chi connectivity index (χ1) is 10.9. The van der Waals surface area contributed by atoms with E-state index in [0.29, 0.717) is 11.8 Å². The van der Waals surface area contributed by atoms with Crippen molar-refractivity contribution in [2.75, 3.05) is 19.8 Å². The molecular formula is C17H21N3O2. The first-order valence-corrected chi connectivity index (χ1v) is 7.71. The van der Waals surface area contributed by atoms with Gasteiger partial charge in [-0.25, -0.2) is 4.98 Å². The molecule has 1 aliphatic rings. The molecule has 1 atom stereocenters. The Hall–Kier alpha value is -1.98. The molecule has 1 aromatic carbocycles. The van der Waals surface area contributed by atoms with Crippen LogP contribution in [0.4, 0.5) is 0 Å². The summed E-state index contributed by atoms with van der Waals surface area (Å²) in [5, 5.41) is 3.50. The van der Waals surface area contributed by atoms with Gasteiger partial charge in [0.25, 0.3) is 0 Å². The van der Waals surface area contributed by atoms with Crippen LogP contribution in [0.5, 0.6) is 11.6 Å². The lowest BCUT2D eigenvalue weighted by Gasteiger charge is -2.22. The standard InChI is InChI=1S/C17H21N3O2/c1-2-15(13-21-9-1)11-19-10-14-3-5-16(6-4-14)22-17-12-18-7-8-20-17/h3-8,12,15,19H,1-2,9-11,13H2. The lowest BCUT2D eigenvalue weighted by atomic mass is 10.0. The van der Waals surface area contributed by atoms with Crippen LogP contribution in [0, 0.1) is 5.92 Å². The smallest absolute Gasteiger partial charge is 0.237 e. The number of rotatable bonds is 6. The first kappa shape index (κ1) is 14.9. The average molecular weight is 299 g/mol. The predicted molar refractivity (Wildman–Crippen MR) is 83.8 cm³/mol. The molecule has 5 nitrogen and oxygen atoms in total. The van der Waals surface area contributed by atoms with Gasteiger partial charge in [-0.2, -0.15) is 0 Å². The van der Waals surface area contributed by atoms with Crippen molar-refractivity contribution in [3.8, 4) is 11.6 Å². The molecule has 2 aromatic rings. The van der Waals surface area contributed by atoms with Crippen LogP contribution in [-0.4, -0.2) is 29.7 Å². The molecule has 2 heterocycles. The third-order valence-electron chi connectivity index (χ3n) is 3.70. The summed E-state index contributed by atoms with van der Waals surface area (Å²) in [6, 6.07) is 8.04. The van der Waals surface area contributed by atoms with E-state index in [-0.39, 0.29) is 0 Å². The maximum Gasteiger partial charge on any atom is 0.237 e. The zero-order valence-corrected chi connectivity index (χ0v) is 12.6. The number of hydrogen-bond acceptors (Lipinski definition) is 5. The van der Waals surface area contributed by atoms with Crippen LogP contribution in [0.25, 0.3) is 0 Å². The number of aromatic nitrogens is 2. The third-order valence-corrected chi connectivity index (χ3v) is 3.70. The molecule has 5 heteroatoms. The van der Waals surface area contributed by atoms with Crippen LogP contribution >= 0.6 is 0 Å². The van der Waals surface area contributed by atoms with E-state index in [1.807, 2.05) is 12.1 Å². The van der Waals surface area contributed by atoms with Crippen LogP contribution in [-0.2, 0) is 11.3 Å². The fourth-order valence-electron chi connectivity index (χ4n) is 2.52. The lowest BCUT2D eigenvalue weighted by molar-refractivity contribution is 0.0547. The highest BCUT2D eigenvalue weighted by Gasteiger charge is 2.12. The Morgan fingerprint density at radius 1 is 1.23 bits per heavy atom. The number of benzene rings is 1. The highest BCUT2D eigenvalue weighted by molar-refractivity contribution is 5.29. The fraction of sp³-hybridized carbons (Fsp3) is 0.412. The van der Waals surface area contributed by atoms with Crippen LogP contribution in [0.3, 0.4) is 0 Å². The molecule has 1 aromatic heterocycles. The average Bonchev–Trinajstić information content (AvgIpc) is 2.58. The Labute approximate surface area is 130 Å². The molecule has 3 rings (SSSR count). The highest BCUT2D eigenvalue weighted by Crippen LogP contribution is 2.18. The summed E-state index contributed by atoms with van der Waals surface area (Å²) in [7, 11) is 0. The van der Waals surface area contributed by atoms with Gasteiger partial charge in [0.2, 0.25) is 5.88 Å². The molecule has 1 unspecified atom stereocenters. The maximum absolute atomic E-state index is 5.62. The second-order valence-corrected chi connectivity index (χ2v) is 5.50. The molecule has 0 amide bonds. The van der Waals surface area contributed by atoms with Crippen molar-refractivity contribution in [1.82, 2.24) is 15.3 Å². The van der Waals surface area contributed by atoms with E-state index in [2.05, 4.69) is 27.4 Å². The molecule has 0 bridgehead atoms. The Balaban J connectivity index is 1.45. The van der Waals surface area contributed by atoms with Gasteiger partial charge in [0.1, 0.15) is 5.75 Å². The lowest BCUT2D eigenvalue weighted by Crippen LogP contribution is -2.28. The number of nitrogens with zero attached hydrogens (tertiary/aromatic N) is 2. The molecule has 1 aliphatic heterocycles. The van der Waals surface area contributed by atoms with E-state index in [9.17, 15) is 0 Å². The summed E-state index contributed by atoms with van der Waals surface area (Å²) in [5.74, 6) is 1.92. The minimum Gasteiger partial charge on any atom is -0.438 e. The quantitative estimate of drug-likeness (QED) is 0.889. The zero-order valence-electron chi connectivity index (χ0n) is 12.6. The Morgan fingerprint density at radius 3 is 2.86 bits per heavy atom. The minimum absolute atomic E-state index is 0.505. The Morgan fingerprint density at radius 2 is 2.14 bits per heavy atom. The summed E-state index contributed by atoms with van der Waals surface area (Å²) < 4.78 is 11.1. The van der Waals surface area contributed by atoms with Gasteiger partial charge in [0, 0.05) is 32.1 Å². The Kier molecular flexibility index (Phi) is 5.34. The van der Waals surface area contributed by atoms with Crippen LogP contribution in [0.15, 0.2) is 42.9 Å². The first-order valence-electron chi connectivity index (χ1n) is 7.71. The molecule has 1 fully saturated rings. The van der Waals surface area contributed by atoms with E-state index in [1.165, 1.54) is 18.4 Å².